The first-order valence-corrected chi connectivity index (χ1v) is 12.2. The summed E-state index contributed by atoms with van der Waals surface area (Å²) in [5, 5.41) is 6.72. The molecule has 0 bridgehead atoms. The number of allylic oxidation sites excluding steroid dienone is 6. The van der Waals surface area contributed by atoms with Gasteiger partial charge in [-0.3, -0.25) is 10.2 Å². The lowest BCUT2D eigenvalue weighted by Crippen LogP contribution is -2.42. The first-order valence-electron chi connectivity index (χ1n) is 11.3. The number of amides is 2. The van der Waals surface area contributed by atoms with E-state index in [2.05, 4.69) is 22.1 Å². The molecule has 0 saturated carbocycles. The van der Waals surface area contributed by atoms with E-state index in [4.69, 9.17) is 10.5 Å². The molecule has 0 unspecified atom stereocenters. The van der Waals surface area contributed by atoms with Gasteiger partial charge in [0.2, 0.25) is 0 Å². The summed E-state index contributed by atoms with van der Waals surface area (Å²) in [6.07, 6.45) is 9.30. The van der Waals surface area contributed by atoms with Gasteiger partial charge in [-0.2, -0.15) is 5.10 Å². The lowest BCUT2D eigenvalue weighted by molar-refractivity contribution is 0.0193. The Balaban J connectivity index is 2.25. The van der Waals surface area contributed by atoms with Crippen molar-refractivity contribution in [2.45, 2.75) is 46.1 Å². The Morgan fingerprint density at radius 1 is 1.40 bits per heavy atom. The maximum atomic E-state index is 12.6. The highest BCUT2D eigenvalue weighted by Gasteiger charge is 2.28. The van der Waals surface area contributed by atoms with E-state index >= 15 is 0 Å². The van der Waals surface area contributed by atoms with Crippen molar-refractivity contribution in [3.05, 3.63) is 58.2 Å². The molecule has 1 aromatic rings. The van der Waals surface area contributed by atoms with Crippen molar-refractivity contribution in [3.8, 4) is 0 Å². The van der Waals surface area contributed by atoms with Gasteiger partial charge in [0.1, 0.15) is 23.0 Å². The summed E-state index contributed by atoms with van der Waals surface area (Å²) >= 11 is 1.30. The predicted molar refractivity (Wildman–Crippen MR) is 139 cm³/mol. The Bertz CT molecular complexity index is 1030. The first-order chi connectivity index (χ1) is 16.5. The second-order valence-corrected chi connectivity index (χ2v) is 9.89. The summed E-state index contributed by atoms with van der Waals surface area (Å²) in [7, 11) is 0. The van der Waals surface area contributed by atoms with E-state index in [0.29, 0.717) is 36.7 Å². The van der Waals surface area contributed by atoms with Crippen LogP contribution >= 0.6 is 11.3 Å². The second kappa shape index (κ2) is 13.0. The van der Waals surface area contributed by atoms with Gasteiger partial charge in [0.25, 0.3) is 5.91 Å². The van der Waals surface area contributed by atoms with Gasteiger partial charge in [-0.05, 0) is 52.2 Å². The van der Waals surface area contributed by atoms with Gasteiger partial charge in [0.15, 0.2) is 0 Å². The van der Waals surface area contributed by atoms with Gasteiger partial charge in [-0.15, -0.1) is 11.3 Å². The van der Waals surface area contributed by atoms with E-state index < -0.39 is 18.2 Å². The van der Waals surface area contributed by atoms with Crippen molar-refractivity contribution in [2.75, 3.05) is 19.8 Å². The second-order valence-electron chi connectivity index (χ2n) is 9.00. The zero-order valence-electron chi connectivity index (χ0n) is 20.7. The average molecular weight is 504 g/mol. The fraction of sp³-hybridized carbons (Fsp3) is 0.440. The number of ether oxygens (including phenoxy) is 1. The minimum Gasteiger partial charge on any atom is -0.444 e. The first kappa shape index (κ1) is 28.0. The molecule has 10 heteroatoms. The molecule has 0 atom stereocenters. The lowest BCUT2D eigenvalue weighted by Gasteiger charge is -2.34. The normalized spacial score (nSPS) is 16.5. The van der Waals surface area contributed by atoms with Crippen LogP contribution in [0.25, 0.3) is 6.08 Å². The summed E-state index contributed by atoms with van der Waals surface area (Å²) < 4.78 is 18.1. The third kappa shape index (κ3) is 9.12. The van der Waals surface area contributed by atoms with E-state index in [1.54, 1.807) is 28.5 Å². The number of thiazole rings is 1. The fourth-order valence-electron chi connectivity index (χ4n) is 3.35. The molecule has 1 aromatic heterocycles. The lowest BCUT2D eigenvalue weighted by atomic mass is 9.93. The number of hydrogen-bond donors (Lipinski definition) is 2. The SMILES string of the molecule is C=C/C=C(\C=C/CF)C(/C)=N/N/C(=C/c1nc(C(N)=O)cs1)C1CCN(C(=O)OC(C)(C)C)CC1. The van der Waals surface area contributed by atoms with Crippen LogP contribution in [-0.2, 0) is 4.74 Å². The number of nitrogens with zero attached hydrogens (tertiary/aromatic N) is 3. The highest BCUT2D eigenvalue weighted by molar-refractivity contribution is 7.10. The van der Waals surface area contributed by atoms with Crippen molar-refractivity contribution < 1.29 is 18.7 Å². The van der Waals surface area contributed by atoms with Crippen LogP contribution in [0, 0.1) is 5.92 Å². The van der Waals surface area contributed by atoms with Gasteiger partial charge >= 0.3 is 6.09 Å². The van der Waals surface area contributed by atoms with Crippen molar-refractivity contribution in [1.29, 1.82) is 0 Å². The third-order valence-corrected chi connectivity index (χ3v) is 5.89. The van der Waals surface area contributed by atoms with Crippen molar-refractivity contribution in [2.24, 2.45) is 16.8 Å². The zero-order chi connectivity index (χ0) is 26.0. The molecule has 0 spiro atoms. The van der Waals surface area contributed by atoms with E-state index in [1.165, 1.54) is 17.4 Å². The Kier molecular flexibility index (Phi) is 10.4. The van der Waals surface area contributed by atoms with E-state index in [-0.39, 0.29) is 17.7 Å². The molecule has 1 fully saturated rings. The Morgan fingerprint density at radius 2 is 2.09 bits per heavy atom. The number of likely N-dealkylation sites (tertiary alicyclic amines) is 1. The number of halogens is 1. The number of alkyl halides is 1. The molecule has 1 saturated heterocycles. The van der Waals surface area contributed by atoms with E-state index in [0.717, 1.165) is 11.3 Å². The fourth-order valence-corrected chi connectivity index (χ4v) is 4.10. The number of nitrogens with one attached hydrogen (secondary N) is 1. The number of hydrogen-bond acceptors (Lipinski definition) is 7. The van der Waals surface area contributed by atoms with Crippen LogP contribution in [0.2, 0.25) is 0 Å². The number of aromatic nitrogens is 1. The van der Waals surface area contributed by atoms with Crippen LogP contribution < -0.4 is 11.2 Å². The Morgan fingerprint density at radius 3 is 2.63 bits per heavy atom. The number of carbonyl (C=O) groups is 2. The largest absolute Gasteiger partial charge is 0.444 e. The standard InChI is InChI=1S/C25H34FN5O3S/c1-6-8-18(9-7-12-26)17(2)29-30-20(15-22-28-21(16-35-22)23(27)32)19-10-13-31(14-11-19)24(33)34-25(3,4)5/h6-9,15-16,19,30H,1,10-14H2,2-5H3,(H2,27,32)/b9-7-,18-8+,20-15+,29-17+. The summed E-state index contributed by atoms with van der Waals surface area (Å²) in [5.41, 5.74) is 10.3. The number of piperidine rings is 1. The maximum Gasteiger partial charge on any atom is 0.410 e. The van der Waals surface area contributed by atoms with E-state index in [1.807, 2.05) is 33.8 Å². The molecule has 1 aliphatic heterocycles. The summed E-state index contributed by atoms with van der Waals surface area (Å²) in [6, 6.07) is 0. The van der Waals surface area contributed by atoms with Gasteiger partial charge in [-0.25, -0.2) is 14.2 Å². The molecule has 0 aliphatic carbocycles. The van der Waals surface area contributed by atoms with Crippen molar-refractivity contribution in [1.82, 2.24) is 15.3 Å². The summed E-state index contributed by atoms with van der Waals surface area (Å²) in [6.45, 7) is 11.5. The smallest absolute Gasteiger partial charge is 0.410 e. The van der Waals surface area contributed by atoms with Crippen LogP contribution in [0.3, 0.4) is 0 Å². The monoisotopic (exact) mass is 503 g/mol. The van der Waals surface area contributed by atoms with Gasteiger partial charge in [0, 0.05) is 30.1 Å². The maximum absolute atomic E-state index is 12.6. The predicted octanol–water partition coefficient (Wildman–Crippen LogP) is 4.83. The molecular formula is C25H34FN5O3S. The summed E-state index contributed by atoms with van der Waals surface area (Å²) in [5.74, 6) is -0.520. The van der Waals surface area contributed by atoms with Gasteiger partial charge < -0.3 is 15.4 Å². The highest BCUT2D eigenvalue weighted by Crippen LogP contribution is 2.27. The molecule has 2 heterocycles. The van der Waals surface area contributed by atoms with E-state index in [9.17, 15) is 14.0 Å². The number of rotatable bonds is 9. The molecular weight excluding hydrogens is 469 g/mol. The Labute approximate surface area is 210 Å². The zero-order valence-corrected chi connectivity index (χ0v) is 21.5. The van der Waals surface area contributed by atoms with Crippen LogP contribution in [0.4, 0.5) is 9.18 Å². The molecule has 8 nitrogen and oxygen atoms in total. The van der Waals surface area contributed by atoms with Crippen LogP contribution in [0.1, 0.15) is 56.0 Å². The summed E-state index contributed by atoms with van der Waals surface area (Å²) in [4.78, 5) is 29.9. The van der Waals surface area contributed by atoms with Crippen LogP contribution in [0.15, 0.2) is 52.6 Å². The quantitative estimate of drug-likeness (QED) is 0.285. The van der Waals surface area contributed by atoms with Crippen molar-refractivity contribution in [3.63, 3.8) is 0 Å². The topological polar surface area (TPSA) is 110 Å². The number of hydrazone groups is 1. The minimum atomic E-state index is -0.589. The molecule has 2 rings (SSSR count). The molecule has 0 radical (unpaired) electrons. The highest BCUT2D eigenvalue weighted by atomic mass is 32.1. The molecule has 1 aliphatic rings. The molecule has 190 valence electrons. The van der Waals surface area contributed by atoms with Crippen LogP contribution in [-0.4, -0.2) is 53.0 Å². The number of carbonyl (C=O) groups excluding carboxylic acids is 2. The number of primary amides is 1. The Hall–Kier alpha value is -3.27. The third-order valence-electron chi connectivity index (χ3n) is 5.09. The minimum absolute atomic E-state index is 0.0689. The van der Waals surface area contributed by atoms with Gasteiger partial charge in [-0.1, -0.05) is 30.9 Å². The number of nitrogens with two attached hydrogens (primary N) is 1. The molecule has 0 aromatic carbocycles. The molecule has 3 N–H and O–H groups in total. The molecule has 35 heavy (non-hydrogen) atoms. The van der Waals surface area contributed by atoms with Crippen molar-refractivity contribution >= 4 is 35.1 Å². The molecule has 2 amide bonds. The van der Waals surface area contributed by atoms with Crippen LogP contribution in [0.5, 0.6) is 0 Å². The average Bonchev–Trinajstić information content (AvgIpc) is 3.27. The van der Waals surface area contributed by atoms with Gasteiger partial charge in [0.05, 0.1) is 5.71 Å².